The highest BCUT2D eigenvalue weighted by Gasteiger charge is 1.94. The van der Waals surface area contributed by atoms with Crippen molar-refractivity contribution in [3.05, 3.63) is 0 Å². The van der Waals surface area contributed by atoms with Crippen LogP contribution in [0.1, 0.15) is 26.7 Å². The van der Waals surface area contributed by atoms with Crippen molar-refractivity contribution in [3.63, 3.8) is 0 Å². The summed E-state index contributed by atoms with van der Waals surface area (Å²) in [5.41, 5.74) is 0. The topological polar surface area (TPSA) is 12.0 Å². The molecule has 0 heterocycles. The van der Waals surface area contributed by atoms with E-state index < -0.39 is 0 Å². The number of hydrogen-bond donors (Lipinski definition) is 1. The fourth-order valence-electron chi connectivity index (χ4n) is 0.922. The molecule has 1 atom stereocenters. The number of rotatable bonds is 8. The maximum Gasteiger partial charge on any atom is 0.0308 e. The second kappa shape index (κ2) is 9.69. The SMILES string of the molecule is CCSCCNCCCC(C)Cl. The van der Waals surface area contributed by atoms with Gasteiger partial charge in [-0.1, -0.05) is 6.92 Å². The minimum atomic E-state index is 0.330. The minimum Gasteiger partial charge on any atom is -0.316 e. The maximum atomic E-state index is 5.81. The van der Waals surface area contributed by atoms with Gasteiger partial charge in [0.2, 0.25) is 0 Å². The molecule has 0 saturated carbocycles. The van der Waals surface area contributed by atoms with Crippen molar-refractivity contribution in [2.75, 3.05) is 24.6 Å². The number of thioether (sulfide) groups is 1. The van der Waals surface area contributed by atoms with Crippen LogP contribution >= 0.6 is 23.4 Å². The smallest absolute Gasteiger partial charge is 0.0308 e. The molecule has 0 aliphatic heterocycles. The molecule has 0 aromatic carbocycles. The van der Waals surface area contributed by atoms with Crippen LogP contribution in [-0.4, -0.2) is 30.0 Å². The van der Waals surface area contributed by atoms with Gasteiger partial charge in [-0.3, -0.25) is 0 Å². The standard InChI is InChI=1S/C9H20ClNS/c1-3-12-8-7-11-6-4-5-9(2)10/h9,11H,3-8H2,1-2H3. The first-order valence-electron chi connectivity index (χ1n) is 4.70. The summed E-state index contributed by atoms with van der Waals surface area (Å²) in [5, 5.41) is 3.73. The Kier molecular flexibility index (Phi) is 10.2. The van der Waals surface area contributed by atoms with Gasteiger partial charge < -0.3 is 5.32 Å². The molecule has 12 heavy (non-hydrogen) atoms. The monoisotopic (exact) mass is 209 g/mol. The summed E-state index contributed by atoms with van der Waals surface area (Å²) in [7, 11) is 0. The van der Waals surface area contributed by atoms with E-state index in [1.165, 1.54) is 17.9 Å². The van der Waals surface area contributed by atoms with Gasteiger partial charge in [-0.15, -0.1) is 11.6 Å². The number of hydrogen-bond acceptors (Lipinski definition) is 2. The third-order valence-corrected chi connectivity index (χ3v) is 2.70. The molecule has 1 nitrogen and oxygen atoms in total. The molecule has 0 saturated heterocycles. The molecule has 3 heteroatoms. The Hall–Kier alpha value is 0.600. The van der Waals surface area contributed by atoms with E-state index >= 15 is 0 Å². The second-order valence-corrected chi connectivity index (χ2v) is 5.01. The molecule has 0 rings (SSSR count). The predicted molar refractivity (Wildman–Crippen MR) is 60.4 cm³/mol. The zero-order chi connectivity index (χ0) is 9.23. The maximum absolute atomic E-state index is 5.81. The summed E-state index contributed by atoms with van der Waals surface area (Å²) in [6, 6.07) is 0. The van der Waals surface area contributed by atoms with Crippen molar-refractivity contribution < 1.29 is 0 Å². The Morgan fingerprint density at radius 3 is 2.75 bits per heavy atom. The third-order valence-electron chi connectivity index (χ3n) is 1.58. The van der Waals surface area contributed by atoms with E-state index in [-0.39, 0.29) is 0 Å². The largest absolute Gasteiger partial charge is 0.316 e. The fourth-order valence-corrected chi connectivity index (χ4v) is 1.65. The Bertz CT molecular complexity index is 88.6. The van der Waals surface area contributed by atoms with Crippen LogP contribution in [-0.2, 0) is 0 Å². The quantitative estimate of drug-likeness (QED) is 0.488. The van der Waals surface area contributed by atoms with Crippen LogP contribution in [0.3, 0.4) is 0 Å². The second-order valence-electron chi connectivity index (χ2n) is 2.87. The van der Waals surface area contributed by atoms with E-state index in [0.717, 1.165) is 19.5 Å². The lowest BCUT2D eigenvalue weighted by Crippen LogP contribution is -2.19. The molecule has 0 fully saturated rings. The molecule has 0 radical (unpaired) electrons. The summed E-state index contributed by atoms with van der Waals surface area (Å²) in [4.78, 5) is 0. The average molecular weight is 210 g/mol. The number of alkyl halides is 1. The van der Waals surface area contributed by atoms with Crippen LogP contribution in [0.2, 0.25) is 0 Å². The van der Waals surface area contributed by atoms with Crippen LogP contribution in [0, 0.1) is 0 Å². The molecule has 0 amide bonds. The van der Waals surface area contributed by atoms with Crippen molar-refractivity contribution in [1.29, 1.82) is 0 Å². The fraction of sp³-hybridized carbons (Fsp3) is 1.00. The molecular weight excluding hydrogens is 190 g/mol. The van der Waals surface area contributed by atoms with E-state index in [1.54, 1.807) is 0 Å². The molecule has 0 aliphatic carbocycles. The highest BCUT2D eigenvalue weighted by atomic mass is 35.5. The van der Waals surface area contributed by atoms with Gasteiger partial charge in [-0.25, -0.2) is 0 Å². The van der Waals surface area contributed by atoms with Gasteiger partial charge >= 0.3 is 0 Å². The first-order chi connectivity index (χ1) is 5.77. The average Bonchev–Trinajstić information content (AvgIpc) is 2.02. The van der Waals surface area contributed by atoms with E-state index in [1.807, 2.05) is 11.8 Å². The molecule has 0 spiro atoms. The van der Waals surface area contributed by atoms with E-state index in [2.05, 4.69) is 19.2 Å². The van der Waals surface area contributed by atoms with Crippen molar-refractivity contribution in [1.82, 2.24) is 5.32 Å². The molecule has 0 aliphatic rings. The summed E-state index contributed by atoms with van der Waals surface area (Å²) in [5.74, 6) is 2.45. The summed E-state index contributed by atoms with van der Waals surface area (Å²) in [6.45, 7) is 6.49. The van der Waals surface area contributed by atoms with Crippen LogP contribution in [0.4, 0.5) is 0 Å². The van der Waals surface area contributed by atoms with Crippen LogP contribution in [0.5, 0.6) is 0 Å². The van der Waals surface area contributed by atoms with Gasteiger partial charge in [0.05, 0.1) is 0 Å². The summed E-state index contributed by atoms with van der Waals surface area (Å²) < 4.78 is 0. The van der Waals surface area contributed by atoms with Gasteiger partial charge in [0, 0.05) is 17.7 Å². The van der Waals surface area contributed by atoms with Crippen molar-refractivity contribution in [2.24, 2.45) is 0 Å². The van der Waals surface area contributed by atoms with Crippen molar-refractivity contribution in [2.45, 2.75) is 32.1 Å². The Balaban J connectivity index is 2.82. The summed E-state index contributed by atoms with van der Waals surface area (Å²) >= 11 is 7.79. The normalized spacial score (nSPS) is 13.2. The predicted octanol–water partition coefficient (Wildman–Crippen LogP) is 2.74. The van der Waals surface area contributed by atoms with Gasteiger partial charge in [0.25, 0.3) is 0 Å². The lowest BCUT2D eigenvalue weighted by atomic mass is 10.2. The lowest BCUT2D eigenvalue weighted by molar-refractivity contribution is 0.639. The van der Waals surface area contributed by atoms with Crippen LogP contribution < -0.4 is 5.32 Å². The zero-order valence-electron chi connectivity index (χ0n) is 8.11. The molecule has 1 unspecified atom stereocenters. The van der Waals surface area contributed by atoms with E-state index in [0.29, 0.717) is 5.38 Å². The van der Waals surface area contributed by atoms with Gasteiger partial charge in [0.1, 0.15) is 0 Å². The minimum absolute atomic E-state index is 0.330. The molecule has 0 aromatic heterocycles. The van der Waals surface area contributed by atoms with Crippen molar-refractivity contribution >= 4 is 23.4 Å². The van der Waals surface area contributed by atoms with Crippen LogP contribution in [0.15, 0.2) is 0 Å². The Morgan fingerprint density at radius 2 is 2.17 bits per heavy atom. The molecule has 0 bridgehead atoms. The first-order valence-corrected chi connectivity index (χ1v) is 6.29. The van der Waals surface area contributed by atoms with Gasteiger partial charge in [-0.2, -0.15) is 11.8 Å². The zero-order valence-corrected chi connectivity index (χ0v) is 9.68. The Morgan fingerprint density at radius 1 is 1.42 bits per heavy atom. The molecule has 74 valence electrons. The van der Waals surface area contributed by atoms with Crippen LogP contribution in [0.25, 0.3) is 0 Å². The van der Waals surface area contributed by atoms with E-state index in [4.69, 9.17) is 11.6 Å². The molecular formula is C9H20ClNS. The third kappa shape index (κ3) is 10.6. The number of halogens is 1. The summed E-state index contributed by atoms with van der Waals surface area (Å²) in [6.07, 6.45) is 2.32. The Labute approximate surface area is 85.6 Å². The van der Waals surface area contributed by atoms with Crippen molar-refractivity contribution in [3.8, 4) is 0 Å². The highest BCUT2D eigenvalue weighted by molar-refractivity contribution is 7.99. The number of nitrogens with one attached hydrogen (secondary N) is 1. The van der Waals surface area contributed by atoms with Gasteiger partial charge in [-0.05, 0) is 32.1 Å². The molecule has 1 N–H and O–H groups in total. The molecule has 0 aromatic rings. The lowest BCUT2D eigenvalue weighted by Gasteiger charge is -2.04. The highest BCUT2D eigenvalue weighted by Crippen LogP contribution is 2.02. The van der Waals surface area contributed by atoms with Gasteiger partial charge in [0.15, 0.2) is 0 Å². The van der Waals surface area contributed by atoms with E-state index in [9.17, 15) is 0 Å². The first kappa shape index (κ1) is 12.6.